The molecular formula is C48H95NO7P+. The predicted molar refractivity (Wildman–Crippen MR) is 243 cm³/mol. The van der Waals surface area contributed by atoms with Crippen molar-refractivity contribution >= 4 is 13.8 Å². The molecule has 0 aliphatic rings. The van der Waals surface area contributed by atoms with Crippen LogP contribution in [0.5, 0.6) is 0 Å². The van der Waals surface area contributed by atoms with Gasteiger partial charge in [-0.05, 0) is 64.2 Å². The summed E-state index contributed by atoms with van der Waals surface area (Å²) in [7, 11) is 1.67. The summed E-state index contributed by atoms with van der Waals surface area (Å²) in [5.41, 5.74) is 0. The van der Waals surface area contributed by atoms with Gasteiger partial charge in [0.25, 0.3) is 0 Å². The second-order valence-electron chi connectivity index (χ2n) is 17.5. The molecule has 0 aromatic heterocycles. The topological polar surface area (TPSA) is 91.3 Å². The molecule has 338 valence electrons. The smallest absolute Gasteiger partial charge is 0.457 e. The Morgan fingerprint density at radius 3 is 1.33 bits per heavy atom. The van der Waals surface area contributed by atoms with Crippen molar-refractivity contribution in [2.45, 2.75) is 225 Å². The zero-order valence-corrected chi connectivity index (χ0v) is 39.2. The molecule has 0 aromatic carbocycles. The highest BCUT2D eigenvalue weighted by atomic mass is 31.2. The number of quaternary nitrogens is 1. The molecule has 1 N–H and O–H groups in total. The van der Waals surface area contributed by atoms with E-state index in [-0.39, 0.29) is 25.8 Å². The van der Waals surface area contributed by atoms with Gasteiger partial charge in [0.2, 0.25) is 0 Å². The minimum absolute atomic E-state index is 0.0878. The number of unbranched alkanes of at least 4 members (excludes halogenated alkanes) is 27. The second kappa shape index (κ2) is 41.7. The van der Waals surface area contributed by atoms with Gasteiger partial charge in [-0.25, -0.2) is 4.57 Å². The number of rotatable bonds is 45. The van der Waals surface area contributed by atoms with Crippen molar-refractivity contribution in [3.05, 3.63) is 24.3 Å². The van der Waals surface area contributed by atoms with Gasteiger partial charge in [-0.3, -0.25) is 13.8 Å². The molecule has 2 atom stereocenters. The highest BCUT2D eigenvalue weighted by Crippen LogP contribution is 2.43. The summed E-state index contributed by atoms with van der Waals surface area (Å²) in [6.45, 7) is 5.63. The van der Waals surface area contributed by atoms with E-state index in [2.05, 4.69) is 38.2 Å². The van der Waals surface area contributed by atoms with Crippen LogP contribution < -0.4 is 0 Å². The highest BCUT2D eigenvalue weighted by Gasteiger charge is 2.26. The fourth-order valence-corrected chi connectivity index (χ4v) is 7.46. The molecule has 0 saturated carbocycles. The predicted octanol–water partition coefficient (Wildman–Crippen LogP) is 14.4. The largest absolute Gasteiger partial charge is 0.472 e. The lowest BCUT2D eigenvalue weighted by atomic mass is 10.1. The lowest BCUT2D eigenvalue weighted by molar-refractivity contribution is -0.870. The van der Waals surface area contributed by atoms with Crippen LogP contribution in [-0.4, -0.2) is 75.6 Å². The summed E-state index contributed by atoms with van der Waals surface area (Å²) >= 11 is 0. The van der Waals surface area contributed by atoms with E-state index in [1.807, 2.05) is 21.1 Å². The lowest BCUT2D eigenvalue weighted by Crippen LogP contribution is -2.37. The third kappa shape index (κ3) is 45.9. The monoisotopic (exact) mass is 829 g/mol. The SMILES string of the molecule is CCCCCCCCC/C=C\CCCCCCCCCCOCC(COP(=O)(O)OCC[N+](C)(C)C)OC(=O)CCCCCCC/C=C\CCCCCCCCC. The number of ether oxygens (including phenoxy) is 2. The van der Waals surface area contributed by atoms with E-state index < -0.39 is 13.9 Å². The molecule has 0 rings (SSSR count). The Hall–Kier alpha value is -1.02. The van der Waals surface area contributed by atoms with Gasteiger partial charge < -0.3 is 18.9 Å². The number of carbonyl (C=O) groups excluding carboxylic acids is 1. The average Bonchev–Trinajstić information content (AvgIpc) is 3.16. The lowest BCUT2D eigenvalue weighted by Gasteiger charge is -2.24. The summed E-state index contributed by atoms with van der Waals surface area (Å²) in [5, 5.41) is 0. The molecule has 0 aliphatic carbocycles. The van der Waals surface area contributed by atoms with Crippen molar-refractivity contribution < 1.29 is 37.3 Å². The van der Waals surface area contributed by atoms with Crippen LogP contribution in [0.1, 0.15) is 219 Å². The minimum Gasteiger partial charge on any atom is -0.457 e. The number of hydrogen-bond donors (Lipinski definition) is 1. The molecule has 0 spiro atoms. The minimum atomic E-state index is -4.28. The van der Waals surface area contributed by atoms with Crippen LogP contribution in [0.3, 0.4) is 0 Å². The summed E-state index contributed by atoms with van der Waals surface area (Å²) < 4.78 is 35.1. The van der Waals surface area contributed by atoms with Crippen molar-refractivity contribution in [1.82, 2.24) is 0 Å². The Balaban J connectivity index is 4.18. The quantitative estimate of drug-likeness (QED) is 0.0215. The normalized spacial score (nSPS) is 13.9. The van der Waals surface area contributed by atoms with E-state index >= 15 is 0 Å². The fourth-order valence-electron chi connectivity index (χ4n) is 6.72. The molecule has 8 nitrogen and oxygen atoms in total. The Kier molecular flexibility index (Phi) is 41.0. The van der Waals surface area contributed by atoms with Crippen LogP contribution in [0.15, 0.2) is 24.3 Å². The molecule has 0 aliphatic heterocycles. The Morgan fingerprint density at radius 2 is 0.912 bits per heavy atom. The molecule has 0 aromatic rings. The van der Waals surface area contributed by atoms with Crippen molar-refractivity contribution in [3.63, 3.8) is 0 Å². The van der Waals surface area contributed by atoms with E-state index in [9.17, 15) is 14.3 Å². The first-order chi connectivity index (χ1) is 27.6. The first-order valence-electron chi connectivity index (χ1n) is 24.1. The molecule has 9 heteroatoms. The molecule has 0 saturated heterocycles. The molecular weight excluding hydrogens is 734 g/mol. The van der Waals surface area contributed by atoms with Crippen LogP contribution in [0, 0.1) is 0 Å². The van der Waals surface area contributed by atoms with Gasteiger partial charge in [-0.1, -0.05) is 173 Å². The van der Waals surface area contributed by atoms with Crippen LogP contribution >= 0.6 is 7.82 Å². The maximum absolute atomic E-state index is 12.7. The first kappa shape index (κ1) is 56.0. The highest BCUT2D eigenvalue weighted by molar-refractivity contribution is 7.47. The fraction of sp³-hybridized carbons (Fsp3) is 0.896. The van der Waals surface area contributed by atoms with Gasteiger partial charge in [0.15, 0.2) is 0 Å². The van der Waals surface area contributed by atoms with Gasteiger partial charge in [0.05, 0.1) is 34.4 Å². The Labute approximate surface area is 353 Å². The van der Waals surface area contributed by atoms with E-state index in [1.165, 1.54) is 154 Å². The molecule has 0 radical (unpaired) electrons. The van der Waals surface area contributed by atoms with E-state index in [4.69, 9.17) is 18.5 Å². The number of carbonyl (C=O) groups is 1. The average molecular weight is 829 g/mol. The number of phosphoric acid groups is 1. The number of hydrogen-bond acceptors (Lipinski definition) is 6. The van der Waals surface area contributed by atoms with Crippen molar-refractivity contribution in [1.29, 1.82) is 0 Å². The summed E-state index contributed by atoms with van der Waals surface area (Å²) in [6, 6.07) is 0. The zero-order chi connectivity index (χ0) is 42.0. The molecule has 0 heterocycles. The molecule has 0 fully saturated rings. The van der Waals surface area contributed by atoms with Gasteiger partial charge >= 0.3 is 13.8 Å². The summed E-state index contributed by atoms with van der Waals surface area (Å²) in [6.07, 6.45) is 47.8. The van der Waals surface area contributed by atoms with Gasteiger partial charge in [-0.15, -0.1) is 0 Å². The molecule has 57 heavy (non-hydrogen) atoms. The third-order valence-corrected chi connectivity index (χ3v) is 11.5. The number of nitrogens with zero attached hydrogens (tertiary/aromatic N) is 1. The zero-order valence-electron chi connectivity index (χ0n) is 38.3. The van der Waals surface area contributed by atoms with Crippen molar-refractivity contribution in [2.24, 2.45) is 0 Å². The standard InChI is InChI=1S/C48H94NO7P/c1-6-8-10-12-14-16-18-20-22-24-25-26-28-30-32-34-36-38-40-43-53-45-47(46-55-57(51,52)54-44-42-49(3,4)5)56-48(50)41-39-37-35-33-31-29-27-23-21-19-17-15-13-11-9-7-2/h22-24,27,47H,6-21,25-26,28-46H2,1-5H3/p+1/b24-22-,27-23-. The van der Waals surface area contributed by atoms with Crippen molar-refractivity contribution in [2.75, 3.05) is 54.1 Å². The summed E-state index contributed by atoms with van der Waals surface area (Å²) in [4.78, 5) is 22.9. The molecule has 0 bridgehead atoms. The first-order valence-corrected chi connectivity index (χ1v) is 25.6. The number of esters is 1. The maximum Gasteiger partial charge on any atom is 0.472 e. The van der Waals surface area contributed by atoms with Crippen LogP contribution in [-0.2, 0) is 27.9 Å². The van der Waals surface area contributed by atoms with Crippen LogP contribution in [0.25, 0.3) is 0 Å². The molecule has 2 unspecified atom stereocenters. The van der Waals surface area contributed by atoms with E-state index in [0.29, 0.717) is 24.1 Å². The second-order valence-corrected chi connectivity index (χ2v) is 18.9. The van der Waals surface area contributed by atoms with Gasteiger partial charge in [-0.2, -0.15) is 0 Å². The van der Waals surface area contributed by atoms with E-state index in [1.54, 1.807) is 0 Å². The van der Waals surface area contributed by atoms with Crippen LogP contribution in [0.2, 0.25) is 0 Å². The third-order valence-electron chi connectivity index (χ3n) is 10.5. The maximum atomic E-state index is 12.7. The number of allylic oxidation sites excluding steroid dienone is 4. The number of likely N-dealkylation sites (N-methyl/N-ethyl adjacent to an activating group) is 1. The van der Waals surface area contributed by atoms with Crippen LogP contribution in [0.4, 0.5) is 0 Å². The van der Waals surface area contributed by atoms with Gasteiger partial charge in [0.1, 0.15) is 19.3 Å². The van der Waals surface area contributed by atoms with Gasteiger partial charge in [0, 0.05) is 13.0 Å². The molecule has 0 amide bonds. The summed E-state index contributed by atoms with van der Waals surface area (Å²) in [5.74, 6) is -0.321. The number of phosphoric ester groups is 1. The Bertz CT molecular complexity index is 967. The van der Waals surface area contributed by atoms with E-state index in [0.717, 1.165) is 44.9 Å². The Morgan fingerprint density at radius 1 is 0.526 bits per heavy atom. The van der Waals surface area contributed by atoms with Crippen molar-refractivity contribution in [3.8, 4) is 0 Å².